The van der Waals surface area contributed by atoms with Gasteiger partial charge in [-0.3, -0.25) is 0 Å². The lowest BCUT2D eigenvalue weighted by Crippen LogP contribution is -2.15. The smallest absolute Gasteiger partial charge is 0.165 e. The van der Waals surface area contributed by atoms with Crippen molar-refractivity contribution in [1.29, 1.82) is 0 Å². The molecule has 0 aliphatic heterocycles. The van der Waals surface area contributed by atoms with E-state index in [4.69, 9.17) is 10.7 Å². The van der Waals surface area contributed by atoms with E-state index < -0.39 is 0 Å². The van der Waals surface area contributed by atoms with Gasteiger partial charge in [0.25, 0.3) is 0 Å². The minimum Gasteiger partial charge on any atom is -0.384 e. The SMILES string of the molecule is CC(C)(C)c1cc(N)n2ncc(-c3ccc(F)cc3)c2n1. The number of aromatic nitrogens is 3. The fourth-order valence-electron chi connectivity index (χ4n) is 2.20. The lowest BCUT2D eigenvalue weighted by Gasteiger charge is -2.18. The molecule has 108 valence electrons. The third-order valence-electron chi connectivity index (χ3n) is 3.42. The predicted octanol–water partition coefficient (Wildman–Crippen LogP) is 3.42. The van der Waals surface area contributed by atoms with Crippen LogP contribution in [0.2, 0.25) is 0 Å². The second kappa shape index (κ2) is 4.55. The highest BCUT2D eigenvalue weighted by molar-refractivity contribution is 5.78. The molecule has 2 heterocycles. The van der Waals surface area contributed by atoms with Gasteiger partial charge in [-0.25, -0.2) is 9.37 Å². The van der Waals surface area contributed by atoms with Crippen LogP contribution in [0.3, 0.4) is 0 Å². The maximum Gasteiger partial charge on any atom is 0.165 e. The summed E-state index contributed by atoms with van der Waals surface area (Å²) in [5.41, 5.74) is 9.25. The molecular formula is C16H17FN4. The molecule has 0 saturated carbocycles. The highest BCUT2D eigenvalue weighted by Gasteiger charge is 2.19. The topological polar surface area (TPSA) is 56.2 Å². The molecule has 0 fully saturated rings. The van der Waals surface area contributed by atoms with Gasteiger partial charge in [0.1, 0.15) is 11.6 Å². The molecule has 21 heavy (non-hydrogen) atoms. The Morgan fingerprint density at radius 1 is 1.14 bits per heavy atom. The van der Waals surface area contributed by atoms with Crippen LogP contribution in [0.15, 0.2) is 36.5 Å². The first-order chi connectivity index (χ1) is 9.86. The molecule has 0 amide bonds. The van der Waals surface area contributed by atoms with Gasteiger partial charge in [0, 0.05) is 17.0 Å². The average Bonchev–Trinajstić information content (AvgIpc) is 2.83. The second-order valence-electron chi connectivity index (χ2n) is 6.12. The summed E-state index contributed by atoms with van der Waals surface area (Å²) in [5.74, 6) is 0.274. The number of nitrogen functional groups attached to an aromatic ring is 1. The van der Waals surface area contributed by atoms with Crippen LogP contribution in [0.1, 0.15) is 26.5 Å². The number of hydrogen-bond acceptors (Lipinski definition) is 3. The van der Waals surface area contributed by atoms with Crippen molar-refractivity contribution in [3.05, 3.63) is 48.0 Å². The Labute approximate surface area is 122 Å². The van der Waals surface area contributed by atoms with Gasteiger partial charge in [-0.1, -0.05) is 32.9 Å². The van der Waals surface area contributed by atoms with Crippen molar-refractivity contribution in [1.82, 2.24) is 14.6 Å². The zero-order valence-electron chi connectivity index (χ0n) is 12.3. The summed E-state index contributed by atoms with van der Waals surface area (Å²) in [5, 5.41) is 4.28. The number of benzene rings is 1. The van der Waals surface area contributed by atoms with Gasteiger partial charge in [-0.05, 0) is 17.7 Å². The summed E-state index contributed by atoms with van der Waals surface area (Å²) < 4.78 is 14.7. The van der Waals surface area contributed by atoms with Crippen LogP contribution in [0.5, 0.6) is 0 Å². The summed E-state index contributed by atoms with van der Waals surface area (Å²) in [6, 6.07) is 8.13. The molecular weight excluding hydrogens is 267 g/mol. The van der Waals surface area contributed by atoms with E-state index in [0.29, 0.717) is 11.5 Å². The van der Waals surface area contributed by atoms with Crippen LogP contribution < -0.4 is 5.73 Å². The molecule has 3 aromatic rings. The molecule has 0 aliphatic carbocycles. The lowest BCUT2D eigenvalue weighted by molar-refractivity contribution is 0.569. The largest absolute Gasteiger partial charge is 0.384 e. The third-order valence-corrected chi connectivity index (χ3v) is 3.42. The van der Waals surface area contributed by atoms with Gasteiger partial charge in [0.15, 0.2) is 5.65 Å². The van der Waals surface area contributed by atoms with E-state index >= 15 is 0 Å². The van der Waals surface area contributed by atoms with Crippen LogP contribution in [0.25, 0.3) is 16.8 Å². The third kappa shape index (κ3) is 2.35. The predicted molar refractivity (Wildman–Crippen MR) is 81.5 cm³/mol. The van der Waals surface area contributed by atoms with Crippen LogP contribution in [0.4, 0.5) is 10.2 Å². The minimum absolute atomic E-state index is 0.111. The van der Waals surface area contributed by atoms with Crippen LogP contribution >= 0.6 is 0 Å². The van der Waals surface area contributed by atoms with Gasteiger partial charge in [-0.2, -0.15) is 9.61 Å². The Morgan fingerprint density at radius 2 is 1.81 bits per heavy atom. The van der Waals surface area contributed by atoms with Crippen molar-refractivity contribution in [3.63, 3.8) is 0 Å². The molecule has 0 bridgehead atoms. The number of anilines is 1. The van der Waals surface area contributed by atoms with Crippen molar-refractivity contribution in [3.8, 4) is 11.1 Å². The molecule has 0 saturated heterocycles. The summed E-state index contributed by atoms with van der Waals surface area (Å²) in [4.78, 5) is 4.69. The Bertz CT molecular complexity index is 797. The molecule has 0 atom stereocenters. The fourth-order valence-corrected chi connectivity index (χ4v) is 2.20. The van der Waals surface area contributed by atoms with E-state index in [1.165, 1.54) is 12.1 Å². The Morgan fingerprint density at radius 3 is 2.43 bits per heavy atom. The number of rotatable bonds is 1. The summed E-state index contributed by atoms with van der Waals surface area (Å²) in [7, 11) is 0. The Balaban J connectivity index is 2.25. The molecule has 2 aromatic heterocycles. The molecule has 4 nitrogen and oxygen atoms in total. The van der Waals surface area contributed by atoms with Crippen LogP contribution in [0, 0.1) is 5.82 Å². The highest BCUT2D eigenvalue weighted by atomic mass is 19.1. The maximum absolute atomic E-state index is 13.1. The number of nitrogens with zero attached hydrogens (tertiary/aromatic N) is 3. The number of fused-ring (bicyclic) bond motifs is 1. The Hall–Kier alpha value is -2.43. The number of nitrogens with two attached hydrogens (primary N) is 1. The van der Waals surface area contributed by atoms with E-state index in [1.807, 2.05) is 6.07 Å². The van der Waals surface area contributed by atoms with Gasteiger partial charge in [-0.15, -0.1) is 0 Å². The van der Waals surface area contributed by atoms with Crippen LogP contribution in [-0.4, -0.2) is 14.6 Å². The molecule has 0 spiro atoms. The average molecular weight is 284 g/mol. The molecule has 5 heteroatoms. The number of halogens is 1. The summed E-state index contributed by atoms with van der Waals surface area (Å²) in [6.07, 6.45) is 1.71. The quantitative estimate of drug-likeness (QED) is 0.745. The standard InChI is InChI=1S/C16H17FN4/c1-16(2,3)13-8-14(18)21-15(20-13)12(9-19-21)10-4-6-11(17)7-5-10/h4-9H,18H2,1-3H3. The Kier molecular flexibility index (Phi) is 2.93. The zero-order valence-corrected chi connectivity index (χ0v) is 12.3. The van der Waals surface area contributed by atoms with Gasteiger partial charge >= 0.3 is 0 Å². The molecule has 0 unspecified atom stereocenters. The zero-order chi connectivity index (χ0) is 15.2. The first-order valence-electron chi connectivity index (χ1n) is 6.77. The van der Waals surface area contributed by atoms with Crippen molar-refractivity contribution < 1.29 is 4.39 Å². The summed E-state index contributed by atoms with van der Waals surface area (Å²) >= 11 is 0. The van der Waals surface area contributed by atoms with E-state index in [9.17, 15) is 4.39 Å². The molecule has 2 N–H and O–H groups in total. The molecule has 0 radical (unpaired) electrons. The van der Waals surface area contributed by atoms with Crippen molar-refractivity contribution >= 4 is 11.5 Å². The van der Waals surface area contributed by atoms with Crippen LogP contribution in [-0.2, 0) is 5.41 Å². The van der Waals surface area contributed by atoms with E-state index in [2.05, 4.69) is 25.9 Å². The van der Waals surface area contributed by atoms with Gasteiger partial charge in [0.05, 0.1) is 11.9 Å². The second-order valence-corrected chi connectivity index (χ2v) is 6.12. The van der Waals surface area contributed by atoms with Crippen molar-refractivity contribution in [2.24, 2.45) is 0 Å². The highest BCUT2D eigenvalue weighted by Crippen LogP contribution is 2.28. The van der Waals surface area contributed by atoms with E-state index in [0.717, 1.165) is 16.8 Å². The molecule has 1 aromatic carbocycles. The lowest BCUT2D eigenvalue weighted by atomic mass is 9.92. The van der Waals surface area contributed by atoms with Gasteiger partial charge in [0.2, 0.25) is 0 Å². The van der Waals surface area contributed by atoms with Crippen molar-refractivity contribution in [2.45, 2.75) is 26.2 Å². The molecule has 0 aliphatic rings. The maximum atomic E-state index is 13.1. The van der Waals surface area contributed by atoms with Crippen molar-refractivity contribution in [2.75, 3.05) is 5.73 Å². The molecule has 3 rings (SSSR count). The summed E-state index contributed by atoms with van der Waals surface area (Å²) in [6.45, 7) is 6.25. The first-order valence-corrected chi connectivity index (χ1v) is 6.77. The first kappa shape index (κ1) is 13.5. The van der Waals surface area contributed by atoms with Gasteiger partial charge < -0.3 is 5.73 Å². The number of hydrogen-bond donors (Lipinski definition) is 1. The fraction of sp³-hybridized carbons (Fsp3) is 0.250. The minimum atomic E-state index is -0.266. The monoisotopic (exact) mass is 284 g/mol. The van der Waals surface area contributed by atoms with E-state index in [-0.39, 0.29) is 11.2 Å². The van der Waals surface area contributed by atoms with E-state index in [1.54, 1.807) is 22.8 Å². The normalized spacial score (nSPS) is 12.0.